The van der Waals surface area contributed by atoms with Crippen LogP contribution in [-0.2, 0) is 0 Å². The van der Waals surface area contributed by atoms with E-state index < -0.39 is 11.5 Å². The van der Waals surface area contributed by atoms with Crippen LogP contribution in [0.15, 0.2) is 25.8 Å². The molecule has 0 aliphatic rings. The lowest BCUT2D eigenvalue weighted by Crippen LogP contribution is -2.41. The highest BCUT2D eigenvalue weighted by atomic mass is 16.4. The van der Waals surface area contributed by atoms with Gasteiger partial charge in [0.1, 0.15) is 11.2 Å². The second kappa shape index (κ2) is 9.67. The first kappa shape index (κ1) is 25.3. The number of carbonyl (C=O) groups is 2. The number of benzene rings is 1. The zero-order valence-corrected chi connectivity index (χ0v) is 21.3. The summed E-state index contributed by atoms with van der Waals surface area (Å²) >= 11 is 0. The first-order chi connectivity index (χ1) is 17.0. The van der Waals surface area contributed by atoms with E-state index in [4.69, 9.17) is 14.6 Å². The van der Waals surface area contributed by atoms with Crippen LogP contribution >= 0.6 is 0 Å². The number of nitrogens with zero attached hydrogens (tertiary/aromatic N) is 5. The summed E-state index contributed by atoms with van der Waals surface area (Å²) in [7, 11) is 7.73. The number of amides is 2. The Labute approximate surface area is 207 Å². The number of aromatic nitrogens is 2. The molecule has 0 atom stereocenters. The lowest BCUT2D eigenvalue weighted by Gasteiger charge is -2.25. The van der Waals surface area contributed by atoms with E-state index in [9.17, 15) is 14.4 Å². The number of carbonyl (C=O) groups excluding carboxylic acids is 2. The Kier molecular flexibility index (Phi) is 6.79. The summed E-state index contributed by atoms with van der Waals surface area (Å²) in [5.41, 5.74) is 7.18. The van der Waals surface area contributed by atoms with E-state index in [2.05, 4.69) is 10.2 Å². The zero-order valence-electron chi connectivity index (χ0n) is 21.3. The number of furan rings is 1. The molecule has 0 spiro atoms. The lowest BCUT2D eigenvalue weighted by atomic mass is 10.0. The Morgan fingerprint density at radius 1 is 0.833 bits per heavy atom. The minimum Gasteiger partial charge on any atom is -0.453 e. The molecular weight excluding hydrogens is 464 g/mol. The maximum Gasteiger partial charge on any atom is 0.336 e. The van der Waals surface area contributed by atoms with Gasteiger partial charge < -0.3 is 29.3 Å². The van der Waals surface area contributed by atoms with Crippen molar-refractivity contribution >= 4 is 44.7 Å². The van der Waals surface area contributed by atoms with Crippen molar-refractivity contribution in [1.82, 2.24) is 24.9 Å². The summed E-state index contributed by atoms with van der Waals surface area (Å²) in [6.07, 6.45) is 0. The van der Waals surface area contributed by atoms with Gasteiger partial charge in [-0.15, -0.1) is 10.2 Å². The second-order valence-corrected chi connectivity index (χ2v) is 9.47. The molecule has 0 saturated heterocycles. The molecule has 4 aromatic rings. The standard InChI is InChI=1S/C25H30N6O5/c1-13-11-17(32)35-21-14(2)22-16(12-15(13)21)18-19(24(26)33)27-28-20(23(18)36-22)25(34)31(9-7-29(3)4)10-8-30(5)6/h11-12H,7-10H2,1-6H3,(H2,26,33). The molecule has 11 heteroatoms. The van der Waals surface area contributed by atoms with Gasteiger partial charge in [0.15, 0.2) is 17.0 Å². The van der Waals surface area contributed by atoms with Crippen LogP contribution in [0.3, 0.4) is 0 Å². The van der Waals surface area contributed by atoms with E-state index in [1.165, 1.54) is 6.07 Å². The van der Waals surface area contributed by atoms with Crippen LogP contribution in [0, 0.1) is 13.8 Å². The van der Waals surface area contributed by atoms with Gasteiger partial charge in [-0.1, -0.05) is 0 Å². The number of nitrogens with two attached hydrogens (primary N) is 1. The Bertz CT molecular complexity index is 1540. The van der Waals surface area contributed by atoms with E-state index in [1.54, 1.807) is 24.8 Å². The van der Waals surface area contributed by atoms with Crippen LogP contribution in [0.4, 0.5) is 0 Å². The Morgan fingerprint density at radius 2 is 1.42 bits per heavy atom. The monoisotopic (exact) mass is 494 g/mol. The molecule has 2 N–H and O–H groups in total. The van der Waals surface area contributed by atoms with Crippen LogP contribution in [0.1, 0.15) is 32.1 Å². The van der Waals surface area contributed by atoms with Crippen molar-refractivity contribution in [3.8, 4) is 0 Å². The summed E-state index contributed by atoms with van der Waals surface area (Å²) < 4.78 is 11.6. The third-order valence-electron chi connectivity index (χ3n) is 6.18. The number of fused-ring (bicyclic) bond motifs is 4. The van der Waals surface area contributed by atoms with Crippen molar-refractivity contribution in [3.63, 3.8) is 0 Å². The van der Waals surface area contributed by atoms with Gasteiger partial charge in [-0.05, 0) is 53.7 Å². The van der Waals surface area contributed by atoms with Crippen LogP contribution in [0.5, 0.6) is 0 Å². The lowest BCUT2D eigenvalue weighted by molar-refractivity contribution is 0.0727. The topological polar surface area (TPSA) is 139 Å². The molecule has 0 aliphatic carbocycles. The van der Waals surface area contributed by atoms with Gasteiger partial charge in [-0.3, -0.25) is 9.59 Å². The first-order valence-electron chi connectivity index (χ1n) is 11.5. The number of aryl methyl sites for hydroxylation is 2. The maximum absolute atomic E-state index is 13.7. The van der Waals surface area contributed by atoms with Gasteiger partial charge in [-0.25, -0.2) is 4.79 Å². The van der Waals surface area contributed by atoms with E-state index in [1.807, 2.05) is 38.0 Å². The van der Waals surface area contributed by atoms with Gasteiger partial charge in [0.2, 0.25) is 0 Å². The Balaban J connectivity index is 1.99. The van der Waals surface area contributed by atoms with Crippen molar-refractivity contribution in [3.05, 3.63) is 45.1 Å². The van der Waals surface area contributed by atoms with Crippen LogP contribution in [0.25, 0.3) is 32.9 Å². The van der Waals surface area contributed by atoms with Gasteiger partial charge >= 0.3 is 5.63 Å². The predicted octanol–water partition coefficient (Wildman–Crippen LogP) is 1.76. The molecular formula is C25H30N6O5. The molecule has 0 unspecified atom stereocenters. The highest BCUT2D eigenvalue weighted by molar-refractivity contribution is 6.20. The van der Waals surface area contributed by atoms with Gasteiger partial charge in [0.25, 0.3) is 11.8 Å². The van der Waals surface area contributed by atoms with E-state index in [0.29, 0.717) is 64.6 Å². The molecule has 0 fully saturated rings. The highest BCUT2D eigenvalue weighted by Gasteiger charge is 2.28. The average molecular weight is 495 g/mol. The van der Waals surface area contributed by atoms with Gasteiger partial charge in [0, 0.05) is 48.6 Å². The summed E-state index contributed by atoms with van der Waals surface area (Å²) in [6, 6.07) is 3.16. The maximum atomic E-state index is 13.7. The SMILES string of the molecule is Cc1cc(=O)oc2c(C)c3oc4c(C(=O)N(CCN(C)C)CCN(C)C)nnc(C(N)=O)c4c3cc12. The van der Waals surface area contributed by atoms with E-state index >= 15 is 0 Å². The fraction of sp³-hybridized carbons (Fsp3) is 0.400. The summed E-state index contributed by atoms with van der Waals surface area (Å²) in [4.78, 5) is 43.7. The molecule has 0 radical (unpaired) electrons. The molecule has 36 heavy (non-hydrogen) atoms. The predicted molar refractivity (Wildman–Crippen MR) is 136 cm³/mol. The molecule has 0 saturated carbocycles. The van der Waals surface area contributed by atoms with Crippen LogP contribution in [-0.4, -0.2) is 91.1 Å². The largest absolute Gasteiger partial charge is 0.453 e. The molecule has 1 aromatic carbocycles. The second-order valence-electron chi connectivity index (χ2n) is 9.47. The van der Waals surface area contributed by atoms with Crippen molar-refractivity contribution < 1.29 is 18.4 Å². The molecule has 0 bridgehead atoms. The number of likely N-dealkylation sites (N-methyl/N-ethyl adjacent to an activating group) is 2. The number of hydrogen-bond acceptors (Lipinski definition) is 9. The van der Waals surface area contributed by atoms with E-state index in [0.717, 1.165) is 0 Å². The fourth-order valence-electron chi connectivity index (χ4n) is 4.20. The summed E-state index contributed by atoms with van der Waals surface area (Å²) in [5.74, 6) is -1.16. The zero-order chi connectivity index (χ0) is 26.3. The van der Waals surface area contributed by atoms with E-state index in [-0.39, 0.29) is 22.9 Å². The molecule has 3 aromatic heterocycles. The normalized spacial score (nSPS) is 11.9. The minimum absolute atomic E-state index is 0.00894. The molecule has 4 rings (SSSR count). The quantitative estimate of drug-likeness (QED) is 0.363. The van der Waals surface area contributed by atoms with Crippen molar-refractivity contribution in [1.29, 1.82) is 0 Å². The van der Waals surface area contributed by atoms with Crippen molar-refractivity contribution in [2.75, 3.05) is 54.4 Å². The molecule has 11 nitrogen and oxygen atoms in total. The minimum atomic E-state index is -0.791. The summed E-state index contributed by atoms with van der Waals surface area (Å²) in [6.45, 7) is 5.78. The molecule has 2 amide bonds. The van der Waals surface area contributed by atoms with Gasteiger partial charge in [0.05, 0.1) is 5.39 Å². The Hall–Kier alpha value is -3.83. The molecule has 190 valence electrons. The molecule has 0 aliphatic heterocycles. The van der Waals surface area contributed by atoms with Crippen molar-refractivity contribution in [2.24, 2.45) is 5.73 Å². The van der Waals surface area contributed by atoms with Crippen LogP contribution in [0.2, 0.25) is 0 Å². The first-order valence-corrected chi connectivity index (χ1v) is 11.5. The average Bonchev–Trinajstić information content (AvgIpc) is 3.18. The fourth-order valence-corrected chi connectivity index (χ4v) is 4.20. The number of rotatable bonds is 8. The number of primary amides is 1. The van der Waals surface area contributed by atoms with Crippen molar-refractivity contribution in [2.45, 2.75) is 13.8 Å². The third-order valence-corrected chi connectivity index (χ3v) is 6.18. The smallest absolute Gasteiger partial charge is 0.336 e. The highest BCUT2D eigenvalue weighted by Crippen LogP contribution is 2.38. The van der Waals surface area contributed by atoms with Crippen LogP contribution < -0.4 is 11.4 Å². The number of hydrogen-bond donors (Lipinski definition) is 1. The Morgan fingerprint density at radius 3 is 2.00 bits per heavy atom. The van der Waals surface area contributed by atoms with Gasteiger partial charge in [-0.2, -0.15) is 0 Å². The summed E-state index contributed by atoms with van der Waals surface area (Å²) in [5, 5.41) is 9.67. The third kappa shape index (κ3) is 4.54. The molecule has 3 heterocycles.